The summed E-state index contributed by atoms with van der Waals surface area (Å²) in [6, 6.07) is 29.5. The van der Waals surface area contributed by atoms with Gasteiger partial charge in [0.1, 0.15) is 0 Å². The standard InChI is InChI=1S/3C50H30/c3*1-2-6-32(7-3-1)42-26-24-40(30-46(42)43-27-21-39-19-17-35-9-5-11-37-23-29-45(43)50(39)48(35)37)31-12-14-33(15-13-31)41-25-20-38-18-16-34-8-4-10-36-22-28-44(41)49(38)47(34)36/h3*1-30H/i1D,2D,3D,4D,5D,6D,7D,8D,9D,10D,11D,12D,13D,14D,15D,16D,17D,18D,19D,20D,21D,22D,23D,24D,25D,26D,27D,28D,29D,30D;4D,5D,8D,9D,10D,11D,16D,17D,18D,19D,20D,21D,22D,23D,25D,27D,28D,29D;12D,13D,14D,15D,24D,26D,30D. The Balaban J connectivity index is 0.000000128. The molecule has 0 bridgehead atoms. The molecule has 33 aromatic rings. The minimum absolute atomic E-state index is 0.0174. The van der Waals surface area contributed by atoms with Crippen molar-refractivity contribution in [1.29, 1.82) is 0 Å². The first-order valence-electron chi connectivity index (χ1n) is 75.3. The van der Waals surface area contributed by atoms with Gasteiger partial charge in [-0.15, -0.1) is 0 Å². The molecule has 0 amide bonds. The summed E-state index contributed by atoms with van der Waals surface area (Å²) in [5.41, 5.74) is -0.987. The Kier molecular flexibility index (Phi) is 10.7. The first-order chi connectivity index (χ1) is 97.4. The van der Waals surface area contributed by atoms with E-state index in [-0.39, 0.29) is 163 Å². The second kappa shape index (κ2) is 34.1. The van der Waals surface area contributed by atoms with Crippen LogP contribution in [0.1, 0.15) is 75.4 Å². The van der Waals surface area contributed by atoms with Crippen LogP contribution in [0.25, 0.3) is 327 Å². The highest BCUT2D eigenvalue weighted by atomic mass is 14.3. The minimum Gasteiger partial charge on any atom is -0.0622 e. The van der Waals surface area contributed by atoms with E-state index in [0.717, 1.165) is 64.6 Å². The van der Waals surface area contributed by atoms with E-state index in [1.54, 1.807) is 30.3 Å². The summed E-state index contributed by atoms with van der Waals surface area (Å²) in [5, 5.41) is 6.35. The quantitative estimate of drug-likeness (QED) is 0.107. The van der Waals surface area contributed by atoms with Crippen molar-refractivity contribution in [3.05, 3.63) is 545 Å². The maximum absolute atomic E-state index is 10.1. The Morgan fingerprint density at radius 1 is 0.100 bits per heavy atom. The predicted octanol–water partition coefficient (Wildman–Crippen LogP) is 42.4. The Hall–Kier alpha value is -19.5. The Morgan fingerprint density at radius 3 is 0.807 bits per heavy atom. The van der Waals surface area contributed by atoms with Crippen molar-refractivity contribution < 1.29 is 75.4 Å². The second-order valence-electron chi connectivity index (χ2n) is 36.5. The van der Waals surface area contributed by atoms with Gasteiger partial charge >= 0.3 is 0 Å². The van der Waals surface area contributed by atoms with E-state index in [1.165, 1.54) is 0 Å². The van der Waals surface area contributed by atoms with E-state index in [4.69, 9.17) is 39.8 Å². The molecular weight excluding hydrogens is 1800 g/mol. The van der Waals surface area contributed by atoms with E-state index in [2.05, 4.69) is 54.6 Å². The first-order valence-corrected chi connectivity index (χ1v) is 47.8. The largest absolute Gasteiger partial charge is 0.0636 e. The smallest absolute Gasteiger partial charge is 0.0622 e. The average Bonchev–Trinajstić information content (AvgIpc) is 0.680. The van der Waals surface area contributed by atoms with Gasteiger partial charge in [0.15, 0.2) is 0 Å². The van der Waals surface area contributed by atoms with Gasteiger partial charge in [-0.05, 0) is 346 Å². The fourth-order valence-electron chi connectivity index (χ4n) is 21.6. The summed E-state index contributed by atoms with van der Waals surface area (Å²) in [6.07, 6.45) is 0. The van der Waals surface area contributed by atoms with Crippen molar-refractivity contribution in [2.75, 3.05) is 0 Å². The lowest BCUT2D eigenvalue weighted by molar-refractivity contribution is 1.57. The van der Waals surface area contributed by atoms with Gasteiger partial charge in [0.05, 0.1) is 75.4 Å². The molecule has 0 N–H and O–H groups in total. The molecular formula is C150H90. The van der Waals surface area contributed by atoms with Gasteiger partial charge in [-0.1, -0.05) is 527 Å². The number of hydrogen-bond acceptors (Lipinski definition) is 0. The molecule has 0 spiro atoms. The lowest BCUT2D eigenvalue weighted by Gasteiger charge is -2.18. The van der Waals surface area contributed by atoms with Crippen molar-refractivity contribution in [2.24, 2.45) is 0 Å². The molecule has 33 rings (SSSR count). The third kappa shape index (κ3) is 13.6. The van der Waals surface area contributed by atoms with Gasteiger partial charge < -0.3 is 0 Å². The summed E-state index contributed by atoms with van der Waals surface area (Å²) < 4.78 is 502. The topological polar surface area (TPSA) is 0 Å². The van der Waals surface area contributed by atoms with Gasteiger partial charge in [0, 0.05) is 0 Å². The second-order valence-corrected chi connectivity index (χ2v) is 36.5. The Labute approximate surface area is 944 Å². The number of hydrogen-bond donors (Lipinski definition) is 0. The zero-order valence-corrected chi connectivity index (χ0v) is 77.7. The summed E-state index contributed by atoms with van der Waals surface area (Å²) in [6.45, 7) is 0. The van der Waals surface area contributed by atoms with Gasteiger partial charge in [0.2, 0.25) is 0 Å². The summed E-state index contributed by atoms with van der Waals surface area (Å²) in [4.78, 5) is 0. The molecule has 0 radical (unpaired) electrons. The van der Waals surface area contributed by atoms with Crippen molar-refractivity contribution in [1.82, 2.24) is 0 Å². The molecule has 33 aromatic carbocycles. The first kappa shape index (κ1) is 47.1. The molecule has 0 heteroatoms. The van der Waals surface area contributed by atoms with Crippen LogP contribution in [0.15, 0.2) is 545 Å². The van der Waals surface area contributed by atoms with E-state index in [0.29, 0.717) is 61.2 Å². The van der Waals surface area contributed by atoms with E-state index in [1.807, 2.05) is 127 Å². The fraction of sp³-hybridized carbons (Fsp3) is 0. The Bertz CT molecular complexity index is 14700. The number of benzene rings is 33. The molecule has 690 valence electrons. The van der Waals surface area contributed by atoms with Crippen LogP contribution < -0.4 is 0 Å². The van der Waals surface area contributed by atoms with Crippen molar-refractivity contribution >= 4 is 194 Å². The van der Waals surface area contributed by atoms with Crippen molar-refractivity contribution in [3.63, 3.8) is 0 Å². The van der Waals surface area contributed by atoms with E-state index in [9.17, 15) is 35.6 Å². The molecule has 0 atom stereocenters. The highest BCUT2D eigenvalue weighted by molar-refractivity contribution is 6.33. The lowest BCUT2D eigenvalue weighted by atomic mass is 9.86. The predicted molar refractivity (Wildman–Crippen MR) is 647 cm³/mol. The SMILES string of the molecule is [2H]c1c([2H])c(-c2ccc3ccc4cccc5ccc2c3c45)c([2H])c([2H])c1-c1c([2H])c([2H])c(-c2ccccc2)c(-c2ccc3ccc4cccc5ccc2c3c45)c1[2H].[2H]c1c([2H])c([2H])c(-c2c([2H])c([2H])c(-c3c([2H])c([2H])c(-c4c([2H])c([2H])c5c([2H])c([2H])c6c([2H])c([2H])c([2H])c7c([2H])c([2H])c4c5c67)c([2H])c3[2H])c([2H])c2-c2c([2H])c([2H])c3c([2H])c([2H])c4c([2H])c([2H])c([2H])c5c([2H])c([2H])c2c3c45)c([2H])c1[2H].[2H]c1c([2H])c2c([2H])c([2H])c3c([2H])c([2H])c(-c4ccc(-c5ccc(-c6ccccc6)c(-c6c([2H])c([2H])c7c([2H])c([2H])c8c([2H])c([2H])c([2H])c9c([2H])c([2H])c6c7c89)c5)cc4)c4c([2H])c([2H])c(c1[2H])c2c34. The molecule has 0 unspecified atom stereocenters. The molecule has 0 fully saturated rings. The van der Waals surface area contributed by atoms with Crippen LogP contribution in [0.3, 0.4) is 0 Å². The van der Waals surface area contributed by atoms with Crippen LogP contribution in [-0.4, -0.2) is 0 Å². The van der Waals surface area contributed by atoms with Crippen LogP contribution in [0.5, 0.6) is 0 Å². The lowest BCUT2D eigenvalue weighted by Crippen LogP contribution is -1.91. The van der Waals surface area contributed by atoms with Gasteiger partial charge in [-0.3, -0.25) is 0 Å². The molecule has 0 heterocycles. The molecule has 150 heavy (non-hydrogen) atoms. The van der Waals surface area contributed by atoms with Crippen molar-refractivity contribution in [3.8, 4) is 134 Å². The summed E-state index contributed by atoms with van der Waals surface area (Å²) in [5.74, 6) is 0. The minimum atomic E-state index is -1.16. The van der Waals surface area contributed by atoms with E-state index >= 15 is 0 Å². The monoisotopic (exact) mass is 1950 g/mol. The van der Waals surface area contributed by atoms with Gasteiger partial charge in [-0.25, -0.2) is 0 Å². The normalized spacial score (nSPS) is 17.1. The van der Waals surface area contributed by atoms with E-state index < -0.39 is 371 Å². The highest BCUT2D eigenvalue weighted by Crippen LogP contribution is 2.52. The molecule has 0 aliphatic carbocycles. The number of rotatable bonds is 12. The maximum atomic E-state index is 10.1. The third-order valence-electron chi connectivity index (χ3n) is 28.4. The molecule has 0 aromatic heterocycles. The van der Waals surface area contributed by atoms with Crippen LogP contribution >= 0.6 is 0 Å². The van der Waals surface area contributed by atoms with Crippen LogP contribution in [0.4, 0.5) is 0 Å². The third-order valence-corrected chi connectivity index (χ3v) is 28.4. The van der Waals surface area contributed by atoms with Crippen LogP contribution in [-0.2, 0) is 0 Å². The fourth-order valence-corrected chi connectivity index (χ4v) is 21.6. The molecule has 0 saturated carbocycles. The molecule has 0 nitrogen and oxygen atoms in total. The van der Waals surface area contributed by atoms with Crippen LogP contribution in [0, 0.1) is 0 Å². The Morgan fingerprint density at radius 2 is 0.367 bits per heavy atom. The molecule has 0 saturated heterocycles. The van der Waals surface area contributed by atoms with Gasteiger partial charge in [0.25, 0.3) is 0 Å². The zero-order valence-electron chi connectivity index (χ0n) is 133. The van der Waals surface area contributed by atoms with Crippen molar-refractivity contribution in [2.45, 2.75) is 0 Å². The average molecular weight is 1950 g/mol. The van der Waals surface area contributed by atoms with Gasteiger partial charge in [-0.2, -0.15) is 0 Å². The molecule has 0 aliphatic rings. The summed E-state index contributed by atoms with van der Waals surface area (Å²) >= 11 is 0. The van der Waals surface area contributed by atoms with Crippen LogP contribution in [0.2, 0.25) is 0 Å². The maximum Gasteiger partial charge on any atom is 0.0636 e. The molecule has 0 aliphatic heterocycles. The summed E-state index contributed by atoms with van der Waals surface area (Å²) in [7, 11) is 0. The highest BCUT2D eigenvalue weighted by Gasteiger charge is 2.25. The zero-order chi connectivity index (χ0) is 146.